The normalized spacial score (nSPS) is 15.1. The van der Waals surface area contributed by atoms with Crippen molar-refractivity contribution in [1.29, 1.82) is 0 Å². The van der Waals surface area contributed by atoms with Crippen LogP contribution < -0.4 is 9.21 Å². The van der Waals surface area contributed by atoms with E-state index in [2.05, 4.69) is 18.7 Å². The first kappa shape index (κ1) is 19.6. The highest BCUT2D eigenvalue weighted by molar-refractivity contribution is 7.92. The Balaban J connectivity index is 2.18. The Labute approximate surface area is 151 Å². The van der Waals surface area contributed by atoms with Gasteiger partial charge in [-0.15, -0.1) is 0 Å². The molecule has 6 nitrogen and oxygen atoms in total. The largest absolute Gasteiger partial charge is 0.372 e. The maximum absolute atomic E-state index is 12.5. The summed E-state index contributed by atoms with van der Waals surface area (Å²) in [5.74, 6) is -0.127. The minimum absolute atomic E-state index is 0.127. The van der Waals surface area contributed by atoms with E-state index in [0.717, 1.165) is 57.4 Å². The molecular weight excluding hydrogens is 338 g/mol. The Morgan fingerprint density at radius 3 is 2.00 bits per heavy atom. The Hall–Kier alpha value is -1.76. The lowest BCUT2D eigenvalue weighted by Crippen LogP contribution is -2.44. The molecule has 1 aliphatic heterocycles. The smallest absolute Gasteiger partial charge is 0.243 e. The zero-order valence-electron chi connectivity index (χ0n) is 15.4. The van der Waals surface area contributed by atoms with Gasteiger partial charge in [-0.25, -0.2) is 8.42 Å². The summed E-state index contributed by atoms with van der Waals surface area (Å²) in [6.07, 6.45) is 4.26. The van der Waals surface area contributed by atoms with Gasteiger partial charge in [-0.3, -0.25) is 9.10 Å². The maximum atomic E-state index is 12.5. The summed E-state index contributed by atoms with van der Waals surface area (Å²) in [6.45, 7) is 7.24. The van der Waals surface area contributed by atoms with E-state index in [-0.39, 0.29) is 12.5 Å². The molecule has 0 atom stereocenters. The lowest BCUT2D eigenvalue weighted by atomic mass is 10.1. The summed E-state index contributed by atoms with van der Waals surface area (Å²) in [5.41, 5.74) is 1.58. The molecule has 1 fully saturated rings. The molecule has 0 bridgehead atoms. The SMILES string of the molecule is CCN(CC)c1ccc(N(CC(=O)N2CCCCC2)S(C)(=O)=O)cc1. The number of amides is 1. The second kappa shape index (κ2) is 8.56. The third-order valence-corrected chi connectivity index (χ3v) is 5.79. The Kier molecular flexibility index (Phi) is 6.70. The van der Waals surface area contributed by atoms with Gasteiger partial charge in [-0.1, -0.05) is 0 Å². The van der Waals surface area contributed by atoms with Gasteiger partial charge in [-0.2, -0.15) is 0 Å². The first-order valence-electron chi connectivity index (χ1n) is 8.97. The van der Waals surface area contributed by atoms with E-state index < -0.39 is 10.0 Å². The summed E-state index contributed by atoms with van der Waals surface area (Å²) in [6, 6.07) is 7.37. The number of carbonyl (C=O) groups is 1. The van der Waals surface area contributed by atoms with E-state index in [4.69, 9.17) is 0 Å². The van der Waals surface area contributed by atoms with Crippen molar-refractivity contribution in [3.05, 3.63) is 24.3 Å². The Morgan fingerprint density at radius 2 is 1.52 bits per heavy atom. The fourth-order valence-electron chi connectivity index (χ4n) is 3.18. The quantitative estimate of drug-likeness (QED) is 0.742. The third-order valence-electron chi connectivity index (χ3n) is 4.65. The van der Waals surface area contributed by atoms with Gasteiger partial charge in [0.05, 0.1) is 11.9 Å². The number of hydrogen-bond donors (Lipinski definition) is 0. The van der Waals surface area contributed by atoms with Crippen LogP contribution in [0.25, 0.3) is 0 Å². The van der Waals surface area contributed by atoms with Crippen LogP contribution >= 0.6 is 0 Å². The van der Waals surface area contributed by atoms with Crippen LogP contribution in [0.3, 0.4) is 0 Å². The fraction of sp³-hybridized carbons (Fsp3) is 0.611. The van der Waals surface area contributed by atoms with Gasteiger partial charge in [0.25, 0.3) is 0 Å². The highest BCUT2D eigenvalue weighted by atomic mass is 32.2. The molecule has 0 spiro atoms. The van der Waals surface area contributed by atoms with E-state index in [1.807, 2.05) is 12.1 Å². The van der Waals surface area contributed by atoms with E-state index in [1.165, 1.54) is 4.31 Å². The van der Waals surface area contributed by atoms with Crippen molar-refractivity contribution < 1.29 is 13.2 Å². The average molecular weight is 368 g/mol. The van der Waals surface area contributed by atoms with Crippen LogP contribution in [-0.2, 0) is 14.8 Å². The number of benzene rings is 1. The standard InChI is InChI=1S/C18H29N3O3S/c1-4-19(5-2)16-9-11-17(12-10-16)21(25(3,23)24)15-18(22)20-13-7-6-8-14-20/h9-12H,4-8,13-15H2,1-3H3. The minimum Gasteiger partial charge on any atom is -0.372 e. The van der Waals surface area contributed by atoms with E-state index >= 15 is 0 Å². The molecule has 0 N–H and O–H groups in total. The fourth-order valence-corrected chi connectivity index (χ4v) is 4.03. The third kappa shape index (κ3) is 5.11. The topological polar surface area (TPSA) is 60.9 Å². The first-order chi connectivity index (χ1) is 11.9. The second-order valence-corrected chi connectivity index (χ2v) is 8.31. The molecule has 140 valence electrons. The van der Waals surface area contributed by atoms with Crippen LogP contribution in [0.4, 0.5) is 11.4 Å². The van der Waals surface area contributed by atoms with Crippen LogP contribution in [0.1, 0.15) is 33.1 Å². The zero-order chi connectivity index (χ0) is 18.4. The minimum atomic E-state index is -3.52. The van der Waals surface area contributed by atoms with E-state index in [9.17, 15) is 13.2 Å². The van der Waals surface area contributed by atoms with Gasteiger partial charge in [-0.05, 0) is 57.4 Å². The zero-order valence-corrected chi connectivity index (χ0v) is 16.3. The van der Waals surface area contributed by atoms with Crippen molar-refractivity contribution in [3.8, 4) is 0 Å². The van der Waals surface area contributed by atoms with Crippen LogP contribution in [-0.4, -0.2) is 58.2 Å². The molecule has 1 saturated heterocycles. The summed E-state index contributed by atoms with van der Waals surface area (Å²) in [7, 11) is -3.52. The number of rotatable bonds is 7. The number of nitrogens with zero attached hydrogens (tertiary/aromatic N) is 3. The molecule has 2 rings (SSSR count). The Morgan fingerprint density at radius 1 is 1.00 bits per heavy atom. The van der Waals surface area contributed by atoms with Crippen LogP contribution in [0.15, 0.2) is 24.3 Å². The summed E-state index contributed by atoms with van der Waals surface area (Å²) < 4.78 is 25.7. The number of likely N-dealkylation sites (tertiary alicyclic amines) is 1. The molecule has 1 aromatic carbocycles. The molecule has 1 amide bonds. The lowest BCUT2D eigenvalue weighted by molar-refractivity contribution is -0.130. The molecule has 0 aliphatic carbocycles. The van der Waals surface area contributed by atoms with Crippen LogP contribution in [0.5, 0.6) is 0 Å². The molecule has 1 aliphatic rings. The van der Waals surface area contributed by atoms with Crippen LogP contribution in [0.2, 0.25) is 0 Å². The van der Waals surface area contributed by atoms with Gasteiger partial charge < -0.3 is 9.80 Å². The van der Waals surface area contributed by atoms with E-state index in [0.29, 0.717) is 5.69 Å². The first-order valence-corrected chi connectivity index (χ1v) is 10.8. The molecule has 7 heteroatoms. The summed E-state index contributed by atoms with van der Waals surface area (Å²) in [4.78, 5) is 16.5. The molecule has 1 heterocycles. The van der Waals surface area contributed by atoms with Gasteiger partial charge in [0.15, 0.2) is 0 Å². The van der Waals surface area contributed by atoms with Crippen molar-refractivity contribution in [2.75, 3.05) is 48.2 Å². The molecule has 0 unspecified atom stereocenters. The van der Waals surface area contributed by atoms with Gasteiger partial charge in [0.1, 0.15) is 6.54 Å². The van der Waals surface area contributed by atoms with Gasteiger partial charge in [0.2, 0.25) is 15.9 Å². The monoisotopic (exact) mass is 367 g/mol. The van der Waals surface area contributed by atoms with Crippen molar-refractivity contribution in [3.63, 3.8) is 0 Å². The predicted molar refractivity (Wildman–Crippen MR) is 103 cm³/mol. The van der Waals surface area contributed by atoms with Crippen LogP contribution in [0, 0.1) is 0 Å². The molecule has 0 aromatic heterocycles. The number of carbonyl (C=O) groups excluding carboxylic acids is 1. The average Bonchev–Trinajstić information content (AvgIpc) is 2.61. The summed E-state index contributed by atoms with van der Waals surface area (Å²) >= 11 is 0. The van der Waals surface area contributed by atoms with E-state index in [1.54, 1.807) is 17.0 Å². The molecule has 0 radical (unpaired) electrons. The highest BCUT2D eigenvalue weighted by Crippen LogP contribution is 2.23. The van der Waals surface area contributed by atoms with Crippen molar-refractivity contribution in [2.45, 2.75) is 33.1 Å². The molecule has 0 saturated carbocycles. The highest BCUT2D eigenvalue weighted by Gasteiger charge is 2.25. The molecular formula is C18H29N3O3S. The van der Waals surface area contributed by atoms with Crippen molar-refractivity contribution in [2.24, 2.45) is 0 Å². The number of sulfonamides is 1. The van der Waals surface area contributed by atoms with Crippen molar-refractivity contribution >= 4 is 27.3 Å². The molecule has 25 heavy (non-hydrogen) atoms. The van der Waals surface area contributed by atoms with Crippen molar-refractivity contribution in [1.82, 2.24) is 4.90 Å². The Bertz CT molecular complexity index is 663. The second-order valence-electron chi connectivity index (χ2n) is 6.40. The lowest BCUT2D eigenvalue weighted by Gasteiger charge is -2.30. The number of anilines is 2. The summed E-state index contributed by atoms with van der Waals surface area (Å²) in [5, 5.41) is 0. The van der Waals surface area contributed by atoms with Gasteiger partial charge >= 0.3 is 0 Å². The molecule has 1 aromatic rings. The predicted octanol–water partition coefficient (Wildman–Crippen LogP) is 2.31. The number of hydrogen-bond acceptors (Lipinski definition) is 4. The number of piperidine rings is 1. The van der Waals surface area contributed by atoms with Gasteiger partial charge in [0, 0.05) is 31.9 Å². The maximum Gasteiger partial charge on any atom is 0.243 e.